The molecular weight excluding hydrogens is 771 g/mol. The Balaban J connectivity index is 1.44. The molecule has 60 heavy (non-hydrogen) atoms. The van der Waals surface area contributed by atoms with Gasteiger partial charge in [-0.15, -0.1) is 9.98 Å². The van der Waals surface area contributed by atoms with E-state index in [0.29, 0.717) is 50.3 Å². The number of benzene rings is 2. The molecule has 16 heteroatoms. The summed E-state index contributed by atoms with van der Waals surface area (Å²) in [6, 6.07) is 11.3. The number of amides is 5. The van der Waals surface area contributed by atoms with Crippen molar-refractivity contribution in [2.45, 2.75) is 132 Å². The number of rotatable bonds is 3. The molecule has 0 saturated carbocycles. The Morgan fingerprint density at radius 1 is 0.617 bits per heavy atom. The van der Waals surface area contributed by atoms with Crippen molar-refractivity contribution in [2.24, 2.45) is 9.98 Å². The molecule has 0 radical (unpaired) electrons. The Bertz CT molecular complexity index is 2060. The minimum Gasteiger partial charge on any atom is -0.444 e. The summed E-state index contributed by atoms with van der Waals surface area (Å²) in [5.41, 5.74) is 2.81. The molecule has 3 N–H and O–H groups in total. The number of aryl methyl sites for hydroxylation is 1. The van der Waals surface area contributed by atoms with Crippen LogP contribution in [0.4, 0.5) is 24.9 Å². The van der Waals surface area contributed by atoms with Gasteiger partial charge in [0.25, 0.3) is 5.91 Å². The van der Waals surface area contributed by atoms with Crippen LogP contribution in [0, 0.1) is 6.92 Å². The zero-order chi connectivity index (χ0) is 44.8. The van der Waals surface area contributed by atoms with Crippen LogP contribution in [0.3, 0.4) is 0 Å². The van der Waals surface area contributed by atoms with Crippen molar-refractivity contribution in [3.05, 3.63) is 70.3 Å². The van der Waals surface area contributed by atoms with Gasteiger partial charge in [-0.1, -0.05) is 24.3 Å². The van der Waals surface area contributed by atoms with E-state index in [4.69, 9.17) is 18.9 Å². The standard InChI is InChI=1S/C44H61N7O9/c1-27-24-29(28-18-21-50(22-19-28)35(46-37(53)57-41(2,3)4)47-38(54)58-42(5,6)7)15-17-33(27)34(52)45-32-16-14-31-26-51(23-20-30(31)25-32)36(48-39(55)59-43(8,9)10)49-40(56)60-44(11,12)13/h14-18,24-25H,19-23,26H2,1-13H3,(H,45,52)(H,46,47,53,54)(H,48,49,55,56). The molecule has 0 unspecified atom stereocenters. The van der Waals surface area contributed by atoms with Crippen molar-refractivity contribution < 1.29 is 42.9 Å². The van der Waals surface area contributed by atoms with Gasteiger partial charge in [0.05, 0.1) is 0 Å². The minimum atomic E-state index is -0.840. The van der Waals surface area contributed by atoms with Gasteiger partial charge in [-0.25, -0.2) is 19.2 Å². The molecule has 2 aliphatic heterocycles. The second-order valence-corrected chi connectivity index (χ2v) is 18.6. The number of nitrogens with one attached hydrogen (secondary N) is 3. The van der Waals surface area contributed by atoms with Crippen LogP contribution in [0.1, 0.15) is 122 Å². The molecule has 2 aromatic carbocycles. The fourth-order valence-corrected chi connectivity index (χ4v) is 6.14. The van der Waals surface area contributed by atoms with Crippen molar-refractivity contribution in [1.82, 2.24) is 20.4 Å². The number of alkyl carbamates (subject to hydrolysis) is 2. The van der Waals surface area contributed by atoms with E-state index in [0.717, 1.165) is 27.8 Å². The third-order valence-electron chi connectivity index (χ3n) is 8.53. The Morgan fingerprint density at radius 3 is 1.62 bits per heavy atom. The lowest BCUT2D eigenvalue weighted by atomic mass is 9.95. The van der Waals surface area contributed by atoms with Gasteiger partial charge in [-0.2, -0.15) is 0 Å². The second-order valence-electron chi connectivity index (χ2n) is 18.6. The Labute approximate surface area is 353 Å². The zero-order valence-corrected chi connectivity index (χ0v) is 37.2. The monoisotopic (exact) mass is 831 g/mol. The highest BCUT2D eigenvalue weighted by molar-refractivity contribution is 6.05. The first-order valence-corrected chi connectivity index (χ1v) is 20.0. The molecule has 2 aliphatic rings. The number of carbonyl (C=O) groups is 5. The smallest absolute Gasteiger partial charge is 0.437 e. The number of anilines is 1. The Hall–Kier alpha value is -5.93. The van der Waals surface area contributed by atoms with Crippen molar-refractivity contribution in [3.8, 4) is 0 Å². The number of guanidine groups is 2. The maximum atomic E-state index is 13.6. The number of hydrogen-bond donors (Lipinski definition) is 3. The number of hydrogen-bond acceptors (Lipinski definition) is 9. The van der Waals surface area contributed by atoms with E-state index in [1.807, 2.05) is 43.3 Å². The third kappa shape index (κ3) is 15.0. The largest absolute Gasteiger partial charge is 0.444 e. The van der Waals surface area contributed by atoms with Crippen LogP contribution in [0.5, 0.6) is 0 Å². The van der Waals surface area contributed by atoms with Crippen molar-refractivity contribution in [3.63, 3.8) is 0 Å². The number of fused-ring (bicyclic) bond motifs is 1. The highest BCUT2D eigenvalue weighted by Gasteiger charge is 2.28. The summed E-state index contributed by atoms with van der Waals surface area (Å²) in [4.78, 5) is 75.9. The molecule has 4 rings (SSSR count). The fraction of sp³-hybridized carbons (Fsp3) is 0.523. The lowest BCUT2D eigenvalue weighted by molar-refractivity contribution is 0.0535. The summed E-state index contributed by atoms with van der Waals surface area (Å²) in [5.74, 6) is -0.206. The van der Waals surface area contributed by atoms with Gasteiger partial charge in [0.15, 0.2) is 0 Å². The van der Waals surface area contributed by atoms with Crippen LogP contribution in [0.25, 0.3) is 5.57 Å². The average molecular weight is 832 g/mol. The topological polar surface area (TPSA) is 190 Å². The molecule has 0 atom stereocenters. The van der Waals surface area contributed by atoms with Crippen molar-refractivity contribution in [1.29, 1.82) is 0 Å². The lowest BCUT2D eigenvalue weighted by Crippen LogP contribution is -2.48. The van der Waals surface area contributed by atoms with Crippen molar-refractivity contribution in [2.75, 3.05) is 25.0 Å². The summed E-state index contributed by atoms with van der Waals surface area (Å²) in [7, 11) is 0. The molecule has 16 nitrogen and oxygen atoms in total. The lowest BCUT2D eigenvalue weighted by Gasteiger charge is -2.32. The molecule has 326 valence electrons. The van der Waals surface area contributed by atoms with Gasteiger partial charge >= 0.3 is 24.4 Å². The van der Waals surface area contributed by atoms with Crippen molar-refractivity contribution >= 4 is 53.5 Å². The van der Waals surface area contributed by atoms with Crippen LogP contribution >= 0.6 is 0 Å². The molecule has 2 aromatic rings. The van der Waals surface area contributed by atoms with Gasteiger partial charge in [0.1, 0.15) is 22.4 Å². The van der Waals surface area contributed by atoms with Gasteiger partial charge in [-0.3, -0.25) is 15.4 Å². The first-order chi connectivity index (χ1) is 27.6. The average Bonchev–Trinajstić information content (AvgIpc) is 3.07. The number of nitrogens with zero attached hydrogens (tertiary/aromatic N) is 4. The van der Waals surface area contributed by atoms with Crippen LogP contribution in [-0.2, 0) is 31.9 Å². The van der Waals surface area contributed by atoms with Crippen LogP contribution in [0.2, 0.25) is 0 Å². The Morgan fingerprint density at radius 2 is 1.13 bits per heavy atom. The van der Waals surface area contributed by atoms with Gasteiger partial charge in [0.2, 0.25) is 11.9 Å². The van der Waals surface area contributed by atoms with E-state index < -0.39 is 46.8 Å². The predicted molar refractivity (Wildman–Crippen MR) is 230 cm³/mol. The molecule has 5 amide bonds. The van der Waals surface area contributed by atoms with Crippen LogP contribution in [0.15, 0.2) is 52.5 Å². The molecule has 0 aliphatic carbocycles. The maximum absolute atomic E-state index is 13.6. The van der Waals surface area contributed by atoms with Crippen LogP contribution in [-0.4, -0.2) is 94.0 Å². The van der Waals surface area contributed by atoms with Gasteiger partial charge in [0, 0.05) is 37.4 Å². The minimum absolute atomic E-state index is 0.0220. The normalized spacial score (nSPS) is 15.2. The number of aliphatic imine (C=N–C) groups is 2. The quantitative estimate of drug-likeness (QED) is 0.153. The Kier molecular flexibility index (Phi) is 14.5. The summed E-state index contributed by atoms with van der Waals surface area (Å²) >= 11 is 0. The molecule has 0 fully saturated rings. The molecule has 0 aromatic heterocycles. The highest BCUT2D eigenvalue weighted by Crippen LogP contribution is 2.27. The van der Waals surface area contributed by atoms with Gasteiger partial charge < -0.3 is 34.1 Å². The third-order valence-corrected chi connectivity index (χ3v) is 8.53. The maximum Gasteiger partial charge on any atom is 0.437 e. The van der Waals surface area contributed by atoms with E-state index in [1.54, 1.807) is 99.0 Å². The molecule has 0 saturated heterocycles. The molecule has 0 spiro atoms. The zero-order valence-electron chi connectivity index (χ0n) is 37.2. The summed E-state index contributed by atoms with van der Waals surface area (Å²) in [5, 5.41) is 8.26. The van der Waals surface area contributed by atoms with E-state index in [1.165, 1.54) is 0 Å². The van der Waals surface area contributed by atoms with E-state index >= 15 is 0 Å². The molecular formula is C44H61N7O9. The van der Waals surface area contributed by atoms with E-state index in [2.05, 4.69) is 25.9 Å². The van der Waals surface area contributed by atoms with Crippen LogP contribution < -0.4 is 16.0 Å². The highest BCUT2D eigenvalue weighted by atomic mass is 16.6. The first-order valence-electron chi connectivity index (χ1n) is 20.0. The molecule has 2 heterocycles. The molecule has 0 bridgehead atoms. The van der Waals surface area contributed by atoms with E-state index in [9.17, 15) is 24.0 Å². The summed E-state index contributed by atoms with van der Waals surface area (Å²) in [6.45, 7) is 24.3. The first kappa shape index (κ1) is 46.8. The summed E-state index contributed by atoms with van der Waals surface area (Å²) < 4.78 is 21.6. The SMILES string of the molecule is Cc1cc(C2=CCN(/C(=N/C(=O)OC(C)(C)C)NC(=O)OC(C)(C)C)CC2)ccc1C(=O)Nc1ccc2c(c1)CCN(/C(=N/C(=O)OC(C)(C)C)NC(=O)OC(C)(C)C)C2. The second kappa shape index (κ2) is 18.6. The summed E-state index contributed by atoms with van der Waals surface area (Å²) in [6.07, 6.45) is -0.0389. The van der Waals surface area contributed by atoms with Gasteiger partial charge in [-0.05, 0) is 149 Å². The fourth-order valence-electron chi connectivity index (χ4n) is 6.14. The predicted octanol–water partition coefficient (Wildman–Crippen LogP) is 8.33. The number of carbonyl (C=O) groups excluding carboxylic acids is 5. The number of ether oxygens (including phenoxy) is 4. The van der Waals surface area contributed by atoms with E-state index in [-0.39, 0.29) is 17.8 Å².